The van der Waals surface area contributed by atoms with E-state index in [4.69, 9.17) is 9.47 Å². The van der Waals surface area contributed by atoms with Crippen molar-refractivity contribution in [2.24, 2.45) is 17.3 Å². The van der Waals surface area contributed by atoms with Gasteiger partial charge < -0.3 is 29.7 Å². The van der Waals surface area contributed by atoms with Crippen LogP contribution in [0.25, 0.3) is 0 Å². The number of aliphatic hydroxyl groups is 1. The van der Waals surface area contributed by atoms with Crippen molar-refractivity contribution in [2.75, 3.05) is 19.8 Å². The maximum Gasteiger partial charge on any atom is 0.306 e. The Morgan fingerprint density at radius 1 is 1.04 bits per heavy atom. The van der Waals surface area contributed by atoms with E-state index in [-0.39, 0.29) is 37.5 Å². The number of aliphatic hydroxyl groups excluding tert-OH is 1. The van der Waals surface area contributed by atoms with Crippen LogP contribution in [0, 0.1) is 17.3 Å². The summed E-state index contributed by atoms with van der Waals surface area (Å²) in [5.41, 5.74) is -1.36. The molecule has 1 aromatic rings. The summed E-state index contributed by atoms with van der Waals surface area (Å²) in [6, 6.07) is 6.82. The molecular formula is C35H47N3O7. The molecule has 0 aromatic heterocycles. The van der Waals surface area contributed by atoms with Crippen molar-refractivity contribution in [2.45, 2.75) is 96.2 Å². The number of fused-ring (bicyclic) bond motifs is 2. The number of hydrogen-bond acceptors (Lipinski definition) is 7. The molecule has 0 aliphatic carbocycles. The maximum atomic E-state index is 14.9. The van der Waals surface area contributed by atoms with Gasteiger partial charge in [0.1, 0.15) is 18.2 Å². The Morgan fingerprint density at radius 2 is 1.76 bits per heavy atom. The highest BCUT2D eigenvalue weighted by Crippen LogP contribution is 2.56. The minimum absolute atomic E-state index is 0.0697. The van der Waals surface area contributed by atoms with Gasteiger partial charge in [-0.1, -0.05) is 75.4 Å². The van der Waals surface area contributed by atoms with Gasteiger partial charge in [-0.25, -0.2) is 0 Å². The first-order valence-electron chi connectivity index (χ1n) is 16.0. The number of likely N-dealkylation sites (tertiary alicyclic amines) is 1. The molecular weight excluding hydrogens is 574 g/mol. The SMILES string of the molecule is C[C@H](CO)N1C(=O)[C@H]2[C@@H]3C(=O)N[C@H](c4ccccc4)COC(=O)CC/C=C\CN(C(C)(C)CC(C)(C)C)C(=O)[C@H]1[C@@]21C=C[C@@H]3O1. The van der Waals surface area contributed by atoms with E-state index in [1.54, 1.807) is 24.0 Å². The quantitative estimate of drug-likeness (QED) is 0.382. The van der Waals surface area contributed by atoms with Crippen LogP contribution in [0.5, 0.6) is 0 Å². The van der Waals surface area contributed by atoms with Crippen molar-refractivity contribution < 1.29 is 33.8 Å². The fourth-order valence-corrected chi connectivity index (χ4v) is 7.85. The summed E-state index contributed by atoms with van der Waals surface area (Å²) in [4.78, 5) is 59.3. The molecule has 0 saturated carbocycles. The van der Waals surface area contributed by atoms with Gasteiger partial charge in [-0.3, -0.25) is 19.2 Å². The lowest BCUT2D eigenvalue weighted by atomic mass is 9.73. The lowest BCUT2D eigenvalue weighted by Gasteiger charge is -2.46. The van der Waals surface area contributed by atoms with Crippen LogP contribution in [0.15, 0.2) is 54.6 Å². The van der Waals surface area contributed by atoms with Crippen LogP contribution in [0.2, 0.25) is 0 Å². The Kier molecular flexibility index (Phi) is 9.03. The summed E-state index contributed by atoms with van der Waals surface area (Å²) in [5.74, 6) is -3.39. The minimum atomic E-state index is -1.37. The molecule has 4 aliphatic heterocycles. The van der Waals surface area contributed by atoms with Crippen LogP contribution >= 0.6 is 0 Å². The zero-order valence-corrected chi connectivity index (χ0v) is 27.2. The number of hydrogen-bond donors (Lipinski definition) is 2. The largest absolute Gasteiger partial charge is 0.463 e. The van der Waals surface area contributed by atoms with E-state index in [9.17, 15) is 24.3 Å². The molecule has 5 rings (SSSR count). The van der Waals surface area contributed by atoms with E-state index in [0.29, 0.717) is 12.8 Å². The first-order chi connectivity index (χ1) is 21.2. The van der Waals surface area contributed by atoms with Crippen molar-refractivity contribution in [3.05, 3.63) is 60.2 Å². The van der Waals surface area contributed by atoms with Gasteiger partial charge in [0, 0.05) is 18.5 Å². The summed E-state index contributed by atoms with van der Waals surface area (Å²) >= 11 is 0. The highest BCUT2D eigenvalue weighted by molar-refractivity contribution is 6.00. The third-order valence-corrected chi connectivity index (χ3v) is 9.45. The van der Waals surface area contributed by atoms with Gasteiger partial charge >= 0.3 is 5.97 Å². The number of esters is 1. The molecule has 10 nitrogen and oxygen atoms in total. The molecule has 4 aliphatic rings. The van der Waals surface area contributed by atoms with Crippen LogP contribution in [0.4, 0.5) is 0 Å². The standard InChI is InChI=1S/C35H47N3O7/c1-22(19-39)38-29-32(43)37(34(5,6)21-33(2,3)4)18-12-8-11-15-26(40)44-20-24(23-13-9-7-10-14-23)36-30(41)27-25-16-17-35(29,45-25)28(27)31(38)42/h7-10,12-14,16-17,22,24-25,27-29,39H,11,15,18-21H2,1-6H3,(H,36,41)/b12-8-/t22-,24+,25+,27-,28-,29+,35-/m1/s1. The number of nitrogens with one attached hydrogen (secondary N) is 1. The zero-order chi connectivity index (χ0) is 32.7. The lowest BCUT2D eigenvalue weighted by Crippen LogP contribution is -2.62. The van der Waals surface area contributed by atoms with Gasteiger partial charge in [-0.05, 0) is 44.6 Å². The van der Waals surface area contributed by atoms with Gasteiger partial charge in [-0.15, -0.1) is 0 Å². The number of cyclic esters (lactones) is 1. The van der Waals surface area contributed by atoms with Crippen LogP contribution < -0.4 is 5.32 Å². The molecule has 244 valence electrons. The topological polar surface area (TPSA) is 125 Å². The lowest BCUT2D eigenvalue weighted by molar-refractivity contribution is -0.154. The van der Waals surface area contributed by atoms with E-state index in [2.05, 4.69) is 26.1 Å². The highest BCUT2D eigenvalue weighted by atomic mass is 16.5. The van der Waals surface area contributed by atoms with Crippen molar-refractivity contribution in [1.82, 2.24) is 15.1 Å². The van der Waals surface area contributed by atoms with Crippen molar-refractivity contribution in [3.8, 4) is 0 Å². The van der Waals surface area contributed by atoms with E-state index in [0.717, 1.165) is 5.56 Å². The predicted octanol–water partition coefficient (Wildman–Crippen LogP) is 3.31. The fraction of sp³-hybridized carbons (Fsp3) is 0.600. The third-order valence-electron chi connectivity index (χ3n) is 9.45. The van der Waals surface area contributed by atoms with Gasteiger partial charge in [0.15, 0.2) is 0 Å². The second kappa shape index (κ2) is 12.4. The van der Waals surface area contributed by atoms with Gasteiger partial charge in [0.25, 0.3) is 0 Å². The summed E-state index contributed by atoms with van der Waals surface area (Å²) in [7, 11) is 0. The van der Waals surface area contributed by atoms with Gasteiger partial charge in [-0.2, -0.15) is 0 Å². The van der Waals surface area contributed by atoms with Crippen molar-refractivity contribution >= 4 is 23.7 Å². The number of carbonyl (C=O) groups excluding carboxylic acids is 4. The van der Waals surface area contributed by atoms with E-state index >= 15 is 0 Å². The molecule has 1 aromatic carbocycles. The summed E-state index contributed by atoms with van der Waals surface area (Å²) < 4.78 is 12.2. The number of rotatable bonds is 5. The highest BCUT2D eigenvalue weighted by Gasteiger charge is 2.73. The average Bonchev–Trinajstić information content (AvgIpc) is 3.62. The fourth-order valence-electron chi connectivity index (χ4n) is 7.85. The number of carbonyl (C=O) groups is 4. The smallest absolute Gasteiger partial charge is 0.306 e. The van der Waals surface area contributed by atoms with Gasteiger partial charge in [0.2, 0.25) is 17.7 Å². The zero-order valence-electron chi connectivity index (χ0n) is 27.2. The molecule has 7 atom stereocenters. The molecule has 4 heterocycles. The number of ether oxygens (including phenoxy) is 2. The monoisotopic (exact) mass is 621 g/mol. The van der Waals surface area contributed by atoms with E-state index in [1.165, 1.54) is 4.90 Å². The third kappa shape index (κ3) is 6.19. The summed E-state index contributed by atoms with van der Waals surface area (Å²) in [5, 5.41) is 13.3. The molecule has 2 fully saturated rings. The Labute approximate surface area is 265 Å². The summed E-state index contributed by atoms with van der Waals surface area (Å²) in [6.07, 6.45) is 7.83. The van der Waals surface area contributed by atoms with Crippen LogP contribution in [0.3, 0.4) is 0 Å². The molecule has 1 spiro atoms. The maximum absolute atomic E-state index is 14.9. The average molecular weight is 622 g/mol. The number of benzene rings is 1. The molecule has 45 heavy (non-hydrogen) atoms. The molecule has 5 bridgehead atoms. The Hall–Kier alpha value is -3.50. The molecule has 3 amide bonds. The molecule has 2 N–H and O–H groups in total. The van der Waals surface area contributed by atoms with Crippen molar-refractivity contribution in [1.29, 1.82) is 0 Å². The minimum Gasteiger partial charge on any atom is -0.463 e. The van der Waals surface area contributed by atoms with E-state index < -0.39 is 65.0 Å². The second-order valence-electron chi connectivity index (χ2n) is 14.6. The molecule has 0 radical (unpaired) electrons. The number of allylic oxidation sites excluding steroid dienone is 1. The van der Waals surface area contributed by atoms with Crippen molar-refractivity contribution in [3.63, 3.8) is 0 Å². The van der Waals surface area contributed by atoms with Crippen LogP contribution in [-0.4, -0.2) is 87.7 Å². The normalized spacial score (nSPS) is 32.4. The van der Waals surface area contributed by atoms with Crippen LogP contribution in [0.1, 0.15) is 72.4 Å². The Balaban J connectivity index is 1.60. The first-order valence-corrected chi connectivity index (χ1v) is 16.0. The van der Waals surface area contributed by atoms with Gasteiger partial charge in [0.05, 0.1) is 36.6 Å². The second-order valence-corrected chi connectivity index (χ2v) is 14.6. The predicted molar refractivity (Wildman–Crippen MR) is 167 cm³/mol. The molecule has 10 heteroatoms. The number of nitrogens with zero attached hydrogens (tertiary/aromatic N) is 2. The Morgan fingerprint density at radius 3 is 2.42 bits per heavy atom. The number of amides is 3. The first kappa shape index (κ1) is 32.9. The van der Waals surface area contributed by atoms with E-state index in [1.807, 2.05) is 56.3 Å². The Bertz CT molecular complexity index is 1370. The molecule has 0 unspecified atom stereocenters. The molecule has 2 saturated heterocycles. The van der Waals surface area contributed by atoms with Crippen LogP contribution in [-0.2, 0) is 28.7 Å². The summed E-state index contributed by atoms with van der Waals surface area (Å²) in [6.45, 7) is 11.9.